The number of ketones is 1. The van der Waals surface area contributed by atoms with Crippen molar-refractivity contribution in [3.63, 3.8) is 0 Å². The van der Waals surface area contributed by atoms with Crippen LogP contribution in [0, 0.1) is 34.0 Å². The predicted octanol–water partition coefficient (Wildman–Crippen LogP) is 0.295. The number of carbonyl (C=O) groups excluding carboxylic acids is 1. The molecular weight excluding hydrogens is 440 g/mol. The van der Waals surface area contributed by atoms with E-state index in [1.807, 2.05) is 13.8 Å². The molecule has 3 saturated carbocycles. The molecule has 0 bridgehead atoms. The molecule has 7 N–H and O–H groups in total. The molecule has 0 aromatic rings. The number of aliphatic hydroxyl groups is 7. The molecule has 194 valence electrons. The van der Waals surface area contributed by atoms with Crippen molar-refractivity contribution in [1.29, 1.82) is 0 Å². The molecule has 3 fully saturated rings. The van der Waals surface area contributed by atoms with Crippen molar-refractivity contribution < 1.29 is 40.5 Å². The number of hydrogen-bond donors (Lipinski definition) is 7. The van der Waals surface area contributed by atoms with Gasteiger partial charge in [-0.05, 0) is 63.2 Å². The second kappa shape index (κ2) is 8.91. The minimum absolute atomic E-state index is 0.0951. The molecule has 0 spiro atoms. The lowest BCUT2D eigenvalue weighted by atomic mass is 9.43. The van der Waals surface area contributed by atoms with Crippen LogP contribution in [0.1, 0.15) is 65.2 Å². The fourth-order valence-electron chi connectivity index (χ4n) is 8.56. The van der Waals surface area contributed by atoms with Gasteiger partial charge in [-0.2, -0.15) is 0 Å². The number of carbonyl (C=O) groups is 1. The quantitative estimate of drug-likeness (QED) is 0.255. The molecule has 8 heteroatoms. The van der Waals surface area contributed by atoms with Crippen LogP contribution in [-0.2, 0) is 4.79 Å². The number of aliphatic hydroxyl groups excluding tert-OH is 6. The summed E-state index contributed by atoms with van der Waals surface area (Å²) >= 11 is 0. The van der Waals surface area contributed by atoms with Gasteiger partial charge in [-0.1, -0.05) is 25.5 Å². The summed E-state index contributed by atoms with van der Waals surface area (Å²) in [6.07, 6.45) is 2.07. The van der Waals surface area contributed by atoms with Gasteiger partial charge in [0.05, 0.1) is 43.7 Å². The second-order valence-corrected chi connectivity index (χ2v) is 11.9. The molecule has 9 atom stereocenters. The zero-order valence-electron chi connectivity index (χ0n) is 20.4. The summed E-state index contributed by atoms with van der Waals surface area (Å²) < 4.78 is 0. The van der Waals surface area contributed by atoms with E-state index in [-0.39, 0.29) is 36.4 Å². The fourth-order valence-corrected chi connectivity index (χ4v) is 8.56. The average molecular weight is 483 g/mol. The van der Waals surface area contributed by atoms with Crippen LogP contribution < -0.4 is 0 Å². The van der Waals surface area contributed by atoms with Crippen LogP contribution in [0.15, 0.2) is 11.6 Å². The Morgan fingerprint density at radius 3 is 2.21 bits per heavy atom. The van der Waals surface area contributed by atoms with Gasteiger partial charge in [0.1, 0.15) is 5.78 Å². The highest BCUT2D eigenvalue weighted by Crippen LogP contribution is 2.69. The lowest BCUT2D eigenvalue weighted by Gasteiger charge is -2.64. The van der Waals surface area contributed by atoms with Gasteiger partial charge in [-0.25, -0.2) is 0 Å². The third-order valence-electron chi connectivity index (χ3n) is 10.7. The molecule has 0 aromatic heterocycles. The summed E-state index contributed by atoms with van der Waals surface area (Å²) in [5.74, 6) is -0.295. The summed E-state index contributed by atoms with van der Waals surface area (Å²) in [5.41, 5.74) is -2.60. The summed E-state index contributed by atoms with van der Waals surface area (Å²) in [6, 6.07) is 0. The molecule has 8 nitrogen and oxygen atoms in total. The maximum Gasteiger partial charge on any atom is 0.142 e. The van der Waals surface area contributed by atoms with E-state index in [2.05, 4.69) is 6.08 Å². The van der Waals surface area contributed by atoms with Crippen molar-refractivity contribution in [3.05, 3.63) is 11.6 Å². The maximum atomic E-state index is 13.4. The zero-order chi connectivity index (χ0) is 25.1. The van der Waals surface area contributed by atoms with Gasteiger partial charge >= 0.3 is 0 Å². The van der Waals surface area contributed by atoms with Gasteiger partial charge in [0.2, 0.25) is 0 Å². The number of Topliss-reactive ketones (excluding diaryl/α,β-unsaturated/α-hetero) is 1. The SMILES string of the molecule is CC1C[C@H]2[C@@H]3CC=C4CC(C(O)CO)(C(O)CO)CC[C@]4(C)[C@]3(O)CC[C@]2(CC(O)CO)C1=O. The second-order valence-electron chi connectivity index (χ2n) is 11.9. The van der Waals surface area contributed by atoms with Gasteiger partial charge in [0.25, 0.3) is 0 Å². The molecule has 4 aliphatic rings. The first-order chi connectivity index (χ1) is 16.0. The zero-order valence-corrected chi connectivity index (χ0v) is 20.4. The monoisotopic (exact) mass is 482 g/mol. The molecule has 4 aliphatic carbocycles. The van der Waals surface area contributed by atoms with E-state index in [4.69, 9.17) is 0 Å². The van der Waals surface area contributed by atoms with Crippen LogP contribution in [0.25, 0.3) is 0 Å². The Labute approximate surface area is 201 Å². The summed E-state index contributed by atoms with van der Waals surface area (Å²) in [7, 11) is 0. The van der Waals surface area contributed by atoms with Crippen LogP contribution in [0.4, 0.5) is 0 Å². The normalized spacial score (nSPS) is 46.7. The first kappa shape index (κ1) is 26.2. The maximum absolute atomic E-state index is 13.4. The summed E-state index contributed by atoms with van der Waals surface area (Å²) in [6.45, 7) is 2.51. The highest BCUT2D eigenvalue weighted by atomic mass is 16.3. The van der Waals surface area contributed by atoms with E-state index in [9.17, 15) is 40.5 Å². The van der Waals surface area contributed by atoms with Crippen molar-refractivity contribution in [3.8, 4) is 0 Å². The molecule has 0 aliphatic heterocycles. The van der Waals surface area contributed by atoms with Crippen LogP contribution in [-0.4, -0.2) is 85.3 Å². The number of rotatable bonds is 7. The number of allylic oxidation sites excluding steroid dienone is 1. The van der Waals surface area contributed by atoms with Gasteiger partial charge in [-0.3, -0.25) is 4.79 Å². The third-order valence-corrected chi connectivity index (χ3v) is 10.7. The van der Waals surface area contributed by atoms with Crippen LogP contribution in [0.2, 0.25) is 0 Å². The van der Waals surface area contributed by atoms with Crippen molar-refractivity contribution in [2.24, 2.45) is 34.0 Å². The van der Waals surface area contributed by atoms with Crippen molar-refractivity contribution in [2.45, 2.75) is 89.1 Å². The Morgan fingerprint density at radius 2 is 1.62 bits per heavy atom. The minimum Gasteiger partial charge on any atom is -0.394 e. The van der Waals surface area contributed by atoms with Crippen molar-refractivity contribution in [2.75, 3.05) is 19.8 Å². The molecule has 0 radical (unpaired) electrons. The first-order valence-electron chi connectivity index (χ1n) is 12.8. The molecule has 0 amide bonds. The molecular formula is C26H42O8. The fraction of sp³-hybridized carbons (Fsp3) is 0.885. The van der Waals surface area contributed by atoms with Crippen LogP contribution >= 0.6 is 0 Å². The van der Waals surface area contributed by atoms with E-state index in [1.54, 1.807) is 0 Å². The molecule has 4 rings (SSSR count). The highest BCUT2D eigenvalue weighted by molar-refractivity contribution is 5.89. The summed E-state index contributed by atoms with van der Waals surface area (Å²) in [4.78, 5) is 13.4. The van der Waals surface area contributed by atoms with Gasteiger partial charge in [0.15, 0.2) is 0 Å². The topological polar surface area (TPSA) is 159 Å². The molecule has 4 unspecified atom stereocenters. The first-order valence-corrected chi connectivity index (χ1v) is 12.8. The largest absolute Gasteiger partial charge is 0.394 e. The summed E-state index contributed by atoms with van der Waals surface area (Å²) in [5, 5.41) is 72.8. The molecule has 34 heavy (non-hydrogen) atoms. The third kappa shape index (κ3) is 3.40. The van der Waals surface area contributed by atoms with Gasteiger partial charge < -0.3 is 35.7 Å². The Hall–Kier alpha value is -0.870. The van der Waals surface area contributed by atoms with E-state index in [0.29, 0.717) is 38.5 Å². The predicted molar refractivity (Wildman–Crippen MR) is 123 cm³/mol. The molecule has 0 saturated heterocycles. The molecule has 0 aromatic carbocycles. The lowest BCUT2D eigenvalue weighted by molar-refractivity contribution is -0.203. The van der Waals surface area contributed by atoms with Crippen molar-refractivity contribution >= 4 is 5.78 Å². The minimum atomic E-state index is -1.19. The Kier molecular flexibility index (Phi) is 6.86. The highest BCUT2D eigenvalue weighted by Gasteiger charge is 2.69. The van der Waals surface area contributed by atoms with E-state index in [1.165, 1.54) is 0 Å². The Bertz CT molecular complexity index is 818. The standard InChI is InChI=1S/C26H42O8/c1-15-9-19-18-4-3-16-10-25(20(31)13-28,21(32)14-29)6-5-23(16,2)26(18,34)8-7-24(19,22(15)33)11-17(30)12-27/h3,15,17-21,27-32,34H,4-14H2,1-2H3/t15?,17?,18-,19-,20?,21?,23-,24+,25?,26-/m0/s1. The van der Waals surface area contributed by atoms with E-state index < -0.39 is 60.0 Å². The number of fused-ring (bicyclic) bond motifs is 5. The van der Waals surface area contributed by atoms with Crippen molar-refractivity contribution in [1.82, 2.24) is 0 Å². The Morgan fingerprint density at radius 1 is 0.971 bits per heavy atom. The average Bonchev–Trinajstić information content (AvgIpc) is 3.08. The van der Waals surface area contributed by atoms with Gasteiger partial charge in [0, 0.05) is 22.2 Å². The van der Waals surface area contributed by atoms with Crippen LogP contribution in [0.5, 0.6) is 0 Å². The smallest absolute Gasteiger partial charge is 0.142 e. The Balaban J connectivity index is 1.72. The molecule has 0 heterocycles. The lowest BCUT2D eigenvalue weighted by Crippen LogP contribution is -2.65. The van der Waals surface area contributed by atoms with Gasteiger partial charge in [-0.15, -0.1) is 0 Å². The van der Waals surface area contributed by atoms with E-state index in [0.717, 1.165) is 5.57 Å². The van der Waals surface area contributed by atoms with E-state index >= 15 is 0 Å². The van der Waals surface area contributed by atoms with Crippen LogP contribution in [0.3, 0.4) is 0 Å². The number of hydrogen-bond acceptors (Lipinski definition) is 8.